The average Bonchev–Trinajstić information content (AvgIpc) is 3.13. The van der Waals surface area contributed by atoms with Gasteiger partial charge >= 0.3 is 0 Å². The van der Waals surface area contributed by atoms with Crippen molar-refractivity contribution in [2.75, 3.05) is 20.2 Å². The fourth-order valence-electron chi connectivity index (χ4n) is 1.57. The third kappa shape index (κ3) is 2.94. The molecule has 4 nitrogen and oxygen atoms in total. The Hall–Kier alpha value is -1.60. The summed E-state index contributed by atoms with van der Waals surface area (Å²) in [6.45, 7) is 1.58. The average molecular weight is 217 g/mol. The second-order valence-corrected chi connectivity index (χ2v) is 4.05. The van der Waals surface area contributed by atoms with Gasteiger partial charge < -0.3 is 9.64 Å². The van der Waals surface area contributed by atoms with Crippen LogP contribution in [0.4, 0.5) is 0 Å². The van der Waals surface area contributed by atoms with E-state index in [1.807, 2.05) is 6.07 Å². The molecule has 2 rings (SSSR count). The predicted molar refractivity (Wildman–Crippen MR) is 60.1 cm³/mol. The molecule has 0 aliphatic heterocycles. The minimum Gasteiger partial charge on any atom is -0.492 e. The Labute approximate surface area is 95.5 Å². The van der Waals surface area contributed by atoms with Crippen molar-refractivity contribution in [1.82, 2.24) is 9.88 Å². The highest BCUT2D eigenvalue weighted by molar-refractivity contribution is 5.29. The molecule has 0 saturated heterocycles. The summed E-state index contributed by atoms with van der Waals surface area (Å²) < 4.78 is 5.56. The van der Waals surface area contributed by atoms with Crippen LogP contribution in [0.2, 0.25) is 0 Å². The van der Waals surface area contributed by atoms with Crippen molar-refractivity contribution < 1.29 is 4.74 Å². The molecule has 0 aromatic carbocycles. The minimum absolute atomic E-state index is 0.396. The van der Waals surface area contributed by atoms with Gasteiger partial charge in [-0.15, -0.1) is 0 Å². The highest BCUT2D eigenvalue weighted by atomic mass is 16.5. The first-order valence-corrected chi connectivity index (χ1v) is 5.49. The van der Waals surface area contributed by atoms with Gasteiger partial charge in [0.2, 0.25) is 0 Å². The second kappa shape index (κ2) is 4.95. The van der Waals surface area contributed by atoms with E-state index in [2.05, 4.69) is 16.9 Å². The third-order valence-corrected chi connectivity index (χ3v) is 2.73. The molecule has 0 spiro atoms. The van der Waals surface area contributed by atoms with Gasteiger partial charge in [-0.3, -0.25) is 0 Å². The van der Waals surface area contributed by atoms with Crippen LogP contribution in [0.5, 0.6) is 5.75 Å². The zero-order chi connectivity index (χ0) is 11.4. The molecule has 16 heavy (non-hydrogen) atoms. The number of aromatic nitrogens is 1. The fraction of sp³-hybridized carbons (Fsp3) is 0.500. The molecule has 0 bridgehead atoms. The lowest BCUT2D eigenvalue weighted by molar-refractivity contribution is 0.231. The van der Waals surface area contributed by atoms with Crippen LogP contribution in [0.1, 0.15) is 18.5 Å². The summed E-state index contributed by atoms with van der Waals surface area (Å²) in [4.78, 5) is 6.20. The fourth-order valence-corrected chi connectivity index (χ4v) is 1.57. The molecule has 1 aromatic rings. The number of pyridine rings is 1. The van der Waals surface area contributed by atoms with Crippen molar-refractivity contribution in [2.24, 2.45) is 0 Å². The van der Waals surface area contributed by atoms with Crippen LogP contribution in [0.25, 0.3) is 0 Å². The van der Waals surface area contributed by atoms with Gasteiger partial charge in [0.1, 0.15) is 24.1 Å². The minimum atomic E-state index is 0.396. The molecule has 1 aromatic heterocycles. The SMILES string of the molecule is CN(CCOc1ccnc(C#N)c1)C1CC1. The van der Waals surface area contributed by atoms with Crippen LogP contribution in [-0.2, 0) is 0 Å². The van der Waals surface area contributed by atoms with Crippen LogP contribution in [0, 0.1) is 11.3 Å². The van der Waals surface area contributed by atoms with E-state index in [9.17, 15) is 0 Å². The highest BCUT2D eigenvalue weighted by Gasteiger charge is 2.25. The molecule has 84 valence electrons. The largest absolute Gasteiger partial charge is 0.492 e. The zero-order valence-electron chi connectivity index (χ0n) is 9.39. The van der Waals surface area contributed by atoms with Gasteiger partial charge in [-0.05, 0) is 26.0 Å². The van der Waals surface area contributed by atoms with Crippen molar-refractivity contribution in [3.05, 3.63) is 24.0 Å². The number of nitrogens with zero attached hydrogens (tertiary/aromatic N) is 3. The van der Waals surface area contributed by atoms with Crippen molar-refractivity contribution >= 4 is 0 Å². The molecule has 1 heterocycles. The van der Waals surface area contributed by atoms with Crippen LogP contribution >= 0.6 is 0 Å². The lowest BCUT2D eigenvalue weighted by Gasteiger charge is -2.15. The van der Waals surface area contributed by atoms with E-state index >= 15 is 0 Å². The number of hydrogen-bond acceptors (Lipinski definition) is 4. The molecule has 1 saturated carbocycles. The summed E-state index contributed by atoms with van der Waals surface area (Å²) in [5, 5.41) is 8.68. The lowest BCUT2D eigenvalue weighted by Crippen LogP contribution is -2.26. The van der Waals surface area contributed by atoms with E-state index in [0.717, 1.165) is 18.3 Å². The molecule has 1 fully saturated rings. The smallest absolute Gasteiger partial charge is 0.144 e. The van der Waals surface area contributed by atoms with E-state index in [1.54, 1.807) is 18.3 Å². The molecule has 0 amide bonds. The van der Waals surface area contributed by atoms with Gasteiger partial charge in [0.05, 0.1) is 0 Å². The first-order valence-electron chi connectivity index (χ1n) is 5.49. The Kier molecular flexibility index (Phi) is 3.37. The first kappa shape index (κ1) is 10.9. The lowest BCUT2D eigenvalue weighted by atomic mass is 10.3. The molecular formula is C12H15N3O. The Morgan fingerprint density at radius 2 is 2.44 bits per heavy atom. The van der Waals surface area contributed by atoms with Gasteiger partial charge in [-0.1, -0.05) is 0 Å². The standard InChI is InChI=1S/C12H15N3O/c1-15(11-2-3-11)6-7-16-12-4-5-14-10(8-12)9-13/h4-5,8,11H,2-3,6-7H2,1H3. The summed E-state index contributed by atoms with van der Waals surface area (Å²) in [6.07, 6.45) is 4.22. The van der Waals surface area contributed by atoms with E-state index in [1.165, 1.54) is 12.8 Å². The van der Waals surface area contributed by atoms with Crippen molar-refractivity contribution in [3.8, 4) is 11.8 Å². The topological polar surface area (TPSA) is 49.1 Å². The Balaban J connectivity index is 1.78. The summed E-state index contributed by atoms with van der Waals surface area (Å²) in [5.74, 6) is 0.718. The summed E-state index contributed by atoms with van der Waals surface area (Å²) in [6, 6.07) is 6.19. The molecule has 4 heteroatoms. The van der Waals surface area contributed by atoms with Gasteiger partial charge in [0.25, 0.3) is 0 Å². The predicted octanol–water partition coefficient (Wildman–Crippen LogP) is 1.43. The summed E-state index contributed by atoms with van der Waals surface area (Å²) >= 11 is 0. The van der Waals surface area contributed by atoms with Gasteiger partial charge in [0.15, 0.2) is 0 Å². The van der Waals surface area contributed by atoms with Crippen LogP contribution in [-0.4, -0.2) is 36.1 Å². The number of nitriles is 1. The molecule has 0 unspecified atom stereocenters. The maximum atomic E-state index is 8.68. The van der Waals surface area contributed by atoms with Crippen molar-refractivity contribution in [1.29, 1.82) is 5.26 Å². The molecule has 1 aliphatic rings. The molecule has 0 atom stereocenters. The number of rotatable bonds is 5. The Morgan fingerprint density at radius 3 is 3.12 bits per heavy atom. The van der Waals surface area contributed by atoms with Gasteiger partial charge in [-0.2, -0.15) is 5.26 Å². The van der Waals surface area contributed by atoms with Crippen LogP contribution in [0.15, 0.2) is 18.3 Å². The third-order valence-electron chi connectivity index (χ3n) is 2.73. The molecular weight excluding hydrogens is 202 g/mol. The van der Waals surface area contributed by atoms with Crippen molar-refractivity contribution in [3.63, 3.8) is 0 Å². The highest BCUT2D eigenvalue weighted by Crippen LogP contribution is 2.24. The zero-order valence-corrected chi connectivity index (χ0v) is 9.39. The number of hydrogen-bond donors (Lipinski definition) is 0. The summed E-state index contributed by atoms with van der Waals surface area (Å²) in [7, 11) is 2.12. The van der Waals surface area contributed by atoms with Gasteiger partial charge in [0, 0.05) is 24.8 Å². The van der Waals surface area contributed by atoms with E-state index in [-0.39, 0.29) is 0 Å². The van der Waals surface area contributed by atoms with Gasteiger partial charge in [-0.25, -0.2) is 4.98 Å². The van der Waals surface area contributed by atoms with E-state index in [4.69, 9.17) is 10.00 Å². The monoisotopic (exact) mass is 217 g/mol. The van der Waals surface area contributed by atoms with E-state index in [0.29, 0.717) is 12.3 Å². The second-order valence-electron chi connectivity index (χ2n) is 4.05. The summed E-state index contributed by atoms with van der Waals surface area (Å²) in [5.41, 5.74) is 0.396. The van der Waals surface area contributed by atoms with E-state index < -0.39 is 0 Å². The maximum Gasteiger partial charge on any atom is 0.144 e. The maximum absolute atomic E-state index is 8.68. The molecule has 0 N–H and O–H groups in total. The van der Waals surface area contributed by atoms with Crippen LogP contribution < -0.4 is 4.74 Å². The molecule has 1 aliphatic carbocycles. The number of likely N-dealkylation sites (N-methyl/N-ethyl adjacent to an activating group) is 1. The molecule has 0 radical (unpaired) electrons. The quantitative estimate of drug-likeness (QED) is 0.748. The van der Waals surface area contributed by atoms with Crippen LogP contribution in [0.3, 0.4) is 0 Å². The Morgan fingerprint density at radius 1 is 1.62 bits per heavy atom. The number of ether oxygens (including phenoxy) is 1. The normalized spacial score (nSPS) is 14.8. The van der Waals surface area contributed by atoms with Crippen molar-refractivity contribution in [2.45, 2.75) is 18.9 Å². The Bertz CT molecular complexity index is 395. The first-order chi connectivity index (χ1) is 7.79.